The van der Waals surface area contributed by atoms with Gasteiger partial charge in [0.2, 0.25) is 0 Å². The number of unbranched alkanes of at least 4 members (excludes halogenated alkanes) is 2. The van der Waals surface area contributed by atoms with Crippen LogP contribution in [0.3, 0.4) is 0 Å². The molecular formula is C15H15F3O2. The summed E-state index contributed by atoms with van der Waals surface area (Å²) in [6.07, 6.45) is 0.829. The summed E-state index contributed by atoms with van der Waals surface area (Å²) in [5, 5.41) is 18.9. The van der Waals surface area contributed by atoms with Gasteiger partial charge in [-0.05, 0) is 41.3 Å². The van der Waals surface area contributed by atoms with Crippen molar-refractivity contribution in [3.63, 3.8) is 0 Å². The number of aromatic hydroxyl groups is 2. The van der Waals surface area contributed by atoms with Gasteiger partial charge in [0.25, 0.3) is 0 Å². The number of allylic oxidation sites excluding steroid dienone is 4. The van der Waals surface area contributed by atoms with Gasteiger partial charge in [-0.1, -0.05) is 25.8 Å². The second-order valence-corrected chi connectivity index (χ2v) is 4.74. The van der Waals surface area contributed by atoms with Crippen molar-refractivity contribution in [3.05, 3.63) is 35.4 Å². The van der Waals surface area contributed by atoms with Gasteiger partial charge < -0.3 is 10.2 Å². The lowest BCUT2D eigenvalue weighted by Gasteiger charge is -2.10. The minimum absolute atomic E-state index is 0.0875. The van der Waals surface area contributed by atoms with Gasteiger partial charge in [-0.3, -0.25) is 0 Å². The zero-order valence-electron chi connectivity index (χ0n) is 11.0. The Labute approximate surface area is 114 Å². The third-order valence-electron chi connectivity index (χ3n) is 3.24. The zero-order chi connectivity index (χ0) is 14.9. The second kappa shape index (κ2) is 5.23. The van der Waals surface area contributed by atoms with Gasteiger partial charge in [0.15, 0.2) is 11.5 Å². The van der Waals surface area contributed by atoms with Gasteiger partial charge in [-0.2, -0.15) is 13.2 Å². The highest BCUT2D eigenvalue weighted by molar-refractivity contribution is 5.98. The summed E-state index contributed by atoms with van der Waals surface area (Å²) in [6.45, 7) is 2.00. The Bertz CT molecular complexity index is 584. The average Bonchev–Trinajstić information content (AvgIpc) is 2.69. The number of alkyl halides is 3. The molecule has 108 valence electrons. The van der Waals surface area contributed by atoms with Gasteiger partial charge in [0.05, 0.1) is 5.57 Å². The van der Waals surface area contributed by atoms with Crippen LogP contribution in [-0.4, -0.2) is 16.4 Å². The third-order valence-corrected chi connectivity index (χ3v) is 3.24. The lowest BCUT2D eigenvalue weighted by atomic mass is 10.0. The summed E-state index contributed by atoms with van der Waals surface area (Å²) < 4.78 is 39.0. The smallest absolute Gasteiger partial charge is 0.417 e. The Morgan fingerprint density at radius 1 is 1.10 bits per heavy atom. The van der Waals surface area contributed by atoms with E-state index in [1.807, 2.05) is 6.92 Å². The molecule has 5 heteroatoms. The van der Waals surface area contributed by atoms with E-state index in [0.29, 0.717) is 17.6 Å². The Morgan fingerprint density at radius 3 is 2.25 bits per heavy atom. The minimum Gasteiger partial charge on any atom is -0.504 e. The van der Waals surface area contributed by atoms with Crippen molar-refractivity contribution >= 4 is 11.1 Å². The highest BCUT2D eigenvalue weighted by atomic mass is 19.4. The lowest BCUT2D eigenvalue weighted by molar-refractivity contribution is -0.0687. The van der Waals surface area contributed by atoms with Crippen LogP contribution in [0.15, 0.2) is 24.3 Å². The molecule has 0 saturated carbocycles. The van der Waals surface area contributed by atoms with Gasteiger partial charge in [0.1, 0.15) is 0 Å². The molecule has 0 bridgehead atoms. The van der Waals surface area contributed by atoms with E-state index in [0.717, 1.165) is 25.0 Å². The summed E-state index contributed by atoms with van der Waals surface area (Å²) in [4.78, 5) is 0. The molecule has 1 aromatic carbocycles. The van der Waals surface area contributed by atoms with E-state index in [2.05, 4.69) is 0 Å². The van der Waals surface area contributed by atoms with E-state index < -0.39 is 23.2 Å². The summed E-state index contributed by atoms with van der Waals surface area (Å²) in [7, 11) is 0. The van der Waals surface area contributed by atoms with E-state index in [-0.39, 0.29) is 5.56 Å². The van der Waals surface area contributed by atoms with Gasteiger partial charge in [-0.15, -0.1) is 0 Å². The molecule has 0 fully saturated rings. The molecule has 0 heterocycles. The van der Waals surface area contributed by atoms with Crippen molar-refractivity contribution in [2.75, 3.05) is 0 Å². The topological polar surface area (TPSA) is 40.5 Å². The van der Waals surface area contributed by atoms with Gasteiger partial charge >= 0.3 is 6.18 Å². The standard InChI is InChI=1S/C15H15F3O2/c1-2-3-4-5-9-6-12(15(16,17)18)11-8-14(20)13(19)7-10(9)11/h5-8,19-20H,2-4H2,1H3/b9-5-. The molecule has 0 aliphatic heterocycles. The van der Waals surface area contributed by atoms with Crippen LogP contribution < -0.4 is 0 Å². The van der Waals surface area contributed by atoms with Crippen LogP contribution in [0, 0.1) is 0 Å². The molecule has 0 radical (unpaired) electrons. The van der Waals surface area contributed by atoms with Crippen molar-refractivity contribution < 1.29 is 23.4 Å². The maximum absolute atomic E-state index is 13.0. The third kappa shape index (κ3) is 2.66. The predicted molar refractivity (Wildman–Crippen MR) is 71.3 cm³/mol. The van der Waals surface area contributed by atoms with E-state index in [4.69, 9.17) is 0 Å². The van der Waals surface area contributed by atoms with Crippen molar-refractivity contribution in [3.8, 4) is 11.5 Å². The highest BCUT2D eigenvalue weighted by Crippen LogP contribution is 2.47. The van der Waals surface area contributed by atoms with Crippen LogP contribution in [0.25, 0.3) is 11.1 Å². The summed E-state index contributed by atoms with van der Waals surface area (Å²) >= 11 is 0. The maximum atomic E-state index is 13.0. The second-order valence-electron chi connectivity index (χ2n) is 4.74. The fourth-order valence-electron chi connectivity index (χ4n) is 2.21. The fraction of sp³-hybridized carbons (Fsp3) is 0.333. The largest absolute Gasteiger partial charge is 0.504 e. The first-order chi connectivity index (χ1) is 9.34. The molecule has 2 rings (SSSR count). The van der Waals surface area contributed by atoms with Crippen LogP contribution >= 0.6 is 0 Å². The number of fused-ring (bicyclic) bond motifs is 1. The van der Waals surface area contributed by atoms with Crippen LogP contribution in [-0.2, 0) is 0 Å². The van der Waals surface area contributed by atoms with E-state index in [9.17, 15) is 23.4 Å². The normalized spacial score (nSPS) is 16.4. The molecule has 20 heavy (non-hydrogen) atoms. The van der Waals surface area contributed by atoms with Gasteiger partial charge in [-0.25, -0.2) is 0 Å². The van der Waals surface area contributed by atoms with E-state index >= 15 is 0 Å². The monoisotopic (exact) mass is 284 g/mol. The van der Waals surface area contributed by atoms with E-state index in [1.54, 1.807) is 6.08 Å². The SMILES string of the molecule is CCCC/C=C1/C=C(C(F)(F)F)c2cc(O)c(O)cc21. The molecule has 2 N–H and O–H groups in total. The average molecular weight is 284 g/mol. The van der Waals surface area contributed by atoms with Crippen molar-refractivity contribution in [2.45, 2.75) is 32.4 Å². The maximum Gasteiger partial charge on any atom is 0.417 e. The van der Waals surface area contributed by atoms with Crippen LogP contribution in [0.1, 0.15) is 37.3 Å². The molecule has 0 unspecified atom stereocenters. The summed E-state index contributed by atoms with van der Waals surface area (Å²) in [5.41, 5.74) is -0.124. The quantitative estimate of drug-likeness (QED) is 0.627. The molecule has 0 aromatic heterocycles. The van der Waals surface area contributed by atoms with Crippen molar-refractivity contribution in [1.82, 2.24) is 0 Å². The first-order valence-corrected chi connectivity index (χ1v) is 6.40. The Morgan fingerprint density at radius 2 is 1.70 bits per heavy atom. The number of phenolic OH excluding ortho intramolecular Hbond substituents is 2. The molecule has 0 atom stereocenters. The molecule has 0 saturated heterocycles. The van der Waals surface area contributed by atoms with Gasteiger partial charge in [0, 0.05) is 0 Å². The van der Waals surface area contributed by atoms with Crippen LogP contribution in [0.2, 0.25) is 0 Å². The number of hydrogen-bond acceptors (Lipinski definition) is 2. The number of benzene rings is 1. The van der Waals surface area contributed by atoms with Crippen molar-refractivity contribution in [2.24, 2.45) is 0 Å². The molecule has 1 aliphatic rings. The minimum atomic E-state index is -4.49. The molecule has 0 amide bonds. The Hall–Kier alpha value is -1.91. The molecule has 1 aliphatic carbocycles. The zero-order valence-corrected chi connectivity index (χ0v) is 11.0. The molecule has 1 aromatic rings. The fourth-order valence-corrected chi connectivity index (χ4v) is 2.21. The summed E-state index contributed by atoms with van der Waals surface area (Å²) in [5.74, 6) is -0.962. The first kappa shape index (κ1) is 14.5. The number of rotatable bonds is 3. The number of phenols is 2. The Kier molecular flexibility index (Phi) is 3.79. The van der Waals surface area contributed by atoms with Crippen molar-refractivity contribution in [1.29, 1.82) is 0 Å². The lowest BCUT2D eigenvalue weighted by Crippen LogP contribution is -2.09. The molecule has 2 nitrogen and oxygen atoms in total. The summed E-state index contributed by atoms with van der Waals surface area (Å²) in [6, 6.07) is 2.14. The highest BCUT2D eigenvalue weighted by Gasteiger charge is 2.39. The molecular weight excluding hydrogens is 269 g/mol. The Balaban J connectivity index is 2.51. The van der Waals surface area contributed by atoms with E-state index in [1.165, 1.54) is 6.07 Å². The number of halogens is 3. The predicted octanol–water partition coefficient (Wildman–Crippen LogP) is 4.63. The molecule has 0 spiro atoms. The first-order valence-electron chi connectivity index (χ1n) is 6.40. The van der Waals surface area contributed by atoms with Crippen LogP contribution in [0.5, 0.6) is 11.5 Å². The number of hydrogen-bond donors (Lipinski definition) is 2. The van der Waals surface area contributed by atoms with Crippen LogP contribution in [0.4, 0.5) is 13.2 Å².